The van der Waals surface area contributed by atoms with Gasteiger partial charge in [0.05, 0.1) is 11.9 Å². The number of aryl methyl sites for hydroxylation is 3. The first-order valence-corrected chi connectivity index (χ1v) is 9.74. The highest BCUT2D eigenvalue weighted by molar-refractivity contribution is 7.98. The van der Waals surface area contributed by atoms with E-state index in [2.05, 4.69) is 66.2 Å². The predicted octanol–water partition coefficient (Wildman–Crippen LogP) is 4.33. The van der Waals surface area contributed by atoms with Gasteiger partial charge in [-0.05, 0) is 49.6 Å². The van der Waals surface area contributed by atoms with Gasteiger partial charge in [0.1, 0.15) is 5.39 Å². The van der Waals surface area contributed by atoms with Crippen LogP contribution in [0.15, 0.2) is 58.6 Å². The van der Waals surface area contributed by atoms with E-state index in [9.17, 15) is 4.79 Å². The van der Waals surface area contributed by atoms with Crippen molar-refractivity contribution in [3.8, 4) is 5.69 Å². The first-order chi connectivity index (χ1) is 13.0. The summed E-state index contributed by atoms with van der Waals surface area (Å²) in [5, 5.41) is 5.48. The molecule has 0 amide bonds. The summed E-state index contributed by atoms with van der Waals surface area (Å²) < 4.78 is 1.73. The number of aromatic nitrogens is 4. The molecule has 0 aliphatic carbocycles. The number of H-pyrrole nitrogens is 1. The minimum Gasteiger partial charge on any atom is -0.301 e. The molecule has 0 fully saturated rings. The average Bonchev–Trinajstić information content (AvgIpc) is 3.07. The summed E-state index contributed by atoms with van der Waals surface area (Å²) in [5.41, 5.74) is 6.13. The molecule has 4 aromatic rings. The lowest BCUT2D eigenvalue weighted by Gasteiger charge is -2.07. The maximum Gasteiger partial charge on any atom is 0.262 e. The summed E-state index contributed by atoms with van der Waals surface area (Å²) in [5.74, 6) is 0.744. The molecular formula is C21H20N4OS. The fraction of sp³-hybridized carbons (Fsp3) is 0.190. The Hall–Kier alpha value is -2.86. The van der Waals surface area contributed by atoms with Crippen molar-refractivity contribution < 1.29 is 0 Å². The molecule has 2 heterocycles. The molecular weight excluding hydrogens is 356 g/mol. The molecule has 27 heavy (non-hydrogen) atoms. The zero-order valence-electron chi connectivity index (χ0n) is 15.5. The molecule has 0 aliphatic rings. The molecule has 0 spiro atoms. The zero-order chi connectivity index (χ0) is 19.0. The third kappa shape index (κ3) is 3.53. The smallest absolute Gasteiger partial charge is 0.262 e. The van der Waals surface area contributed by atoms with Crippen molar-refractivity contribution in [1.29, 1.82) is 0 Å². The van der Waals surface area contributed by atoms with Crippen LogP contribution < -0.4 is 5.56 Å². The standard InChI is InChI=1S/C21H20N4OS/c1-13-5-4-6-16(9-13)12-27-21-23-19-18(20(26)24-21)11-22-25(19)17-8-7-14(2)15(3)10-17/h4-11H,12H2,1-3H3,(H,23,24,26). The van der Waals surface area contributed by atoms with Crippen LogP contribution in [0.1, 0.15) is 22.3 Å². The topological polar surface area (TPSA) is 63.6 Å². The Bertz CT molecular complexity index is 1190. The van der Waals surface area contributed by atoms with Crippen LogP contribution in [0.2, 0.25) is 0 Å². The molecule has 136 valence electrons. The minimum absolute atomic E-state index is 0.165. The summed E-state index contributed by atoms with van der Waals surface area (Å²) in [6, 6.07) is 14.4. The zero-order valence-corrected chi connectivity index (χ0v) is 16.3. The molecule has 6 heteroatoms. The van der Waals surface area contributed by atoms with Crippen LogP contribution >= 0.6 is 11.8 Å². The molecule has 4 rings (SSSR count). The van der Waals surface area contributed by atoms with Crippen molar-refractivity contribution in [2.45, 2.75) is 31.7 Å². The van der Waals surface area contributed by atoms with Crippen LogP contribution in [0.3, 0.4) is 0 Å². The van der Waals surface area contributed by atoms with E-state index in [1.54, 1.807) is 10.9 Å². The number of hydrogen-bond acceptors (Lipinski definition) is 4. The quantitative estimate of drug-likeness (QED) is 0.425. The first kappa shape index (κ1) is 17.5. The maximum atomic E-state index is 12.5. The number of nitrogens with zero attached hydrogens (tertiary/aromatic N) is 3. The summed E-state index contributed by atoms with van der Waals surface area (Å²) in [7, 11) is 0. The van der Waals surface area contributed by atoms with Crippen LogP contribution in [0.25, 0.3) is 16.7 Å². The van der Waals surface area contributed by atoms with Gasteiger partial charge in [-0.25, -0.2) is 9.67 Å². The molecule has 0 aliphatic heterocycles. The lowest BCUT2D eigenvalue weighted by Crippen LogP contribution is -2.10. The number of benzene rings is 2. The summed E-state index contributed by atoms with van der Waals surface area (Å²) in [6.07, 6.45) is 1.57. The van der Waals surface area contributed by atoms with Gasteiger partial charge < -0.3 is 4.98 Å². The number of thioether (sulfide) groups is 1. The van der Waals surface area contributed by atoms with Crippen molar-refractivity contribution in [3.05, 3.63) is 81.3 Å². The van der Waals surface area contributed by atoms with Crippen molar-refractivity contribution in [2.24, 2.45) is 0 Å². The van der Waals surface area contributed by atoms with Gasteiger partial charge in [-0.1, -0.05) is 47.7 Å². The van der Waals surface area contributed by atoms with Gasteiger partial charge in [-0.3, -0.25) is 4.79 Å². The average molecular weight is 376 g/mol. The second kappa shape index (κ2) is 7.04. The number of fused-ring (bicyclic) bond motifs is 1. The Morgan fingerprint density at radius 3 is 2.70 bits per heavy atom. The lowest BCUT2D eigenvalue weighted by atomic mass is 10.1. The minimum atomic E-state index is -0.165. The third-order valence-corrected chi connectivity index (χ3v) is 5.55. The Balaban J connectivity index is 1.71. The Labute approximate surface area is 161 Å². The Kier molecular flexibility index (Phi) is 4.58. The summed E-state index contributed by atoms with van der Waals surface area (Å²) >= 11 is 1.52. The molecule has 0 radical (unpaired) electrons. The highest BCUT2D eigenvalue weighted by Crippen LogP contribution is 2.22. The first-order valence-electron chi connectivity index (χ1n) is 8.75. The highest BCUT2D eigenvalue weighted by Gasteiger charge is 2.12. The fourth-order valence-corrected chi connectivity index (χ4v) is 3.77. The van der Waals surface area contributed by atoms with Gasteiger partial charge >= 0.3 is 0 Å². The van der Waals surface area contributed by atoms with E-state index in [-0.39, 0.29) is 5.56 Å². The Morgan fingerprint density at radius 1 is 1.07 bits per heavy atom. The fourth-order valence-electron chi connectivity index (χ4n) is 2.97. The SMILES string of the molecule is Cc1cccc(CSc2nc3c(cnn3-c3ccc(C)c(C)c3)c(=O)[nH]2)c1. The molecule has 5 nitrogen and oxygen atoms in total. The lowest BCUT2D eigenvalue weighted by molar-refractivity contribution is 0.871. The predicted molar refractivity (Wildman–Crippen MR) is 110 cm³/mol. The summed E-state index contributed by atoms with van der Waals surface area (Å²) in [4.78, 5) is 20.0. The monoisotopic (exact) mass is 376 g/mol. The van der Waals surface area contributed by atoms with Crippen LogP contribution in [-0.4, -0.2) is 19.7 Å². The second-order valence-corrected chi connectivity index (χ2v) is 7.68. The largest absolute Gasteiger partial charge is 0.301 e. The van der Waals surface area contributed by atoms with E-state index in [4.69, 9.17) is 0 Å². The molecule has 1 N–H and O–H groups in total. The number of rotatable bonds is 4. The van der Waals surface area contributed by atoms with E-state index in [1.807, 2.05) is 12.1 Å². The van der Waals surface area contributed by atoms with E-state index in [0.29, 0.717) is 16.2 Å². The van der Waals surface area contributed by atoms with Gasteiger partial charge in [0, 0.05) is 5.75 Å². The molecule has 2 aromatic heterocycles. The van der Waals surface area contributed by atoms with E-state index >= 15 is 0 Å². The van der Waals surface area contributed by atoms with Crippen molar-refractivity contribution in [1.82, 2.24) is 19.7 Å². The highest BCUT2D eigenvalue weighted by atomic mass is 32.2. The van der Waals surface area contributed by atoms with Crippen LogP contribution in [0.4, 0.5) is 0 Å². The molecule has 0 saturated heterocycles. The van der Waals surface area contributed by atoms with Gasteiger partial charge in [0.25, 0.3) is 5.56 Å². The molecule has 2 aromatic carbocycles. The van der Waals surface area contributed by atoms with Gasteiger partial charge in [0.2, 0.25) is 0 Å². The number of nitrogens with one attached hydrogen (secondary N) is 1. The van der Waals surface area contributed by atoms with E-state index in [1.165, 1.54) is 34.0 Å². The molecule has 0 saturated carbocycles. The molecule has 0 atom stereocenters. The number of aromatic amines is 1. The van der Waals surface area contributed by atoms with Gasteiger partial charge in [-0.2, -0.15) is 5.10 Å². The van der Waals surface area contributed by atoms with Crippen LogP contribution in [-0.2, 0) is 5.75 Å². The van der Waals surface area contributed by atoms with E-state index in [0.717, 1.165) is 11.4 Å². The third-order valence-electron chi connectivity index (χ3n) is 4.61. The van der Waals surface area contributed by atoms with Crippen molar-refractivity contribution in [3.63, 3.8) is 0 Å². The summed E-state index contributed by atoms with van der Waals surface area (Å²) in [6.45, 7) is 6.21. The van der Waals surface area contributed by atoms with E-state index < -0.39 is 0 Å². The second-order valence-electron chi connectivity index (χ2n) is 6.71. The Morgan fingerprint density at radius 2 is 1.93 bits per heavy atom. The number of hydrogen-bond donors (Lipinski definition) is 1. The van der Waals surface area contributed by atoms with Crippen molar-refractivity contribution >= 4 is 22.8 Å². The van der Waals surface area contributed by atoms with Crippen LogP contribution in [0.5, 0.6) is 0 Å². The van der Waals surface area contributed by atoms with Crippen molar-refractivity contribution in [2.75, 3.05) is 0 Å². The molecule has 0 unspecified atom stereocenters. The van der Waals surface area contributed by atoms with Crippen LogP contribution in [0, 0.1) is 20.8 Å². The maximum absolute atomic E-state index is 12.5. The molecule has 0 bridgehead atoms. The van der Waals surface area contributed by atoms with Gasteiger partial charge in [0.15, 0.2) is 10.8 Å². The van der Waals surface area contributed by atoms with Gasteiger partial charge in [-0.15, -0.1) is 0 Å². The normalized spacial score (nSPS) is 11.2.